The maximum atomic E-state index is 12.6. The Morgan fingerprint density at radius 1 is 0.971 bits per heavy atom. The molecular formula is C24H29N3O5S2. The van der Waals surface area contributed by atoms with E-state index in [-0.39, 0.29) is 22.8 Å². The molecule has 0 atom stereocenters. The Morgan fingerprint density at radius 3 is 2.32 bits per heavy atom. The van der Waals surface area contributed by atoms with Gasteiger partial charge in [0.15, 0.2) is 5.11 Å². The molecule has 1 aliphatic heterocycles. The average molecular weight is 504 g/mol. The van der Waals surface area contributed by atoms with Crippen LogP contribution in [0.5, 0.6) is 0 Å². The van der Waals surface area contributed by atoms with E-state index in [0.717, 1.165) is 19.3 Å². The second kappa shape index (κ2) is 12.6. The quantitative estimate of drug-likeness (QED) is 0.291. The molecule has 0 radical (unpaired) electrons. The van der Waals surface area contributed by atoms with Crippen LogP contribution in [0, 0.1) is 0 Å². The standard InChI is InChI=1S/C24H29N3O5S2/c28-22(14-15-23(29)32-18-6-9-19-7-2-1-3-8-19)26-24(33)25-20-10-12-21(13-11-20)34(30,31)27-16-4-5-17-27/h1-3,7-8,10-13H,4-6,9,14-18H2,(H2,25,26,28,33). The highest BCUT2D eigenvalue weighted by Crippen LogP contribution is 2.22. The Morgan fingerprint density at radius 2 is 1.65 bits per heavy atom. The fourth-order valence-electron chi connectivity index (χ4n) is 3.53. The lowest BCUT2D eigenvalue weighted by atomic mass is 10.1. The van der Waals surface area contributed by atoms with Gasteiger partial charge in [-0.15, -0.1) is 0 Å². The van der Waals surface area contributed by atoms with Crippen molar-refractivity contribution in [2.45, 2.75) is 43.4 Å². The average Bonchev–Trinajstić information content (AvgIpc) is 3.38. The number of carbonyl (C=O) groups is 2. The summed E-state index contributed by atoms with van der Waals surface area (Å²) in [5, 5.41) is 5.42. The highest BCUT2D eigenvalue weighted by molar-refractivity contribution is 7.89. The molecule has 1 saturated heterocycles. The molecule has 0 spiro atoms. The van der Waals surface area contributed by atoms with Crippen molar-refractivity contribution in [1.82, 2.24) is 9.62 Å². The Balaban J connectivity index is 1.34. The largest absolute Gasteiger partial charge is 0.466 e. The number of aryl methyl sites for hydroxylation is 1. The highest BCUT2D eigenvalue weighted by Gasteiger charge is 2.26. The maximum absolute atomic E-state index is 12.6. The van der Waals surface area contributed by atoms with Gasteiger partial charge >= 0.3 is 5.97 Å². The highest BCUT2D eigenvalue weighted by atomic mass is 32.2. The summed E-state index contributed by atoms with van der Waals surface area (Å²) in [5.41, 5.74) is 1.73. The molecule has 34 heavy (non-hydrogen) atoms. The molecule has 0 bridgehead atoms. The van der Waals surface area contributed by atoms with Crippen LogP contribution in [0.25, 0.3) is 0 Å². The van der Waals surface area contributed by atoms with Gasteiger partial charge in [0.05, 0.1) is 17.9 Å². The number of ether oxygens (including phenoxy) is 1. The van der Waals surface area contributed by atoms with Crippen LogP contribution in [-0.4, -0.2) is 49.4 Å². The molecule has 0 aromatic heterocycles. The first-order chi connectivity index (χ1) is 16.3. The molecule has 182 valence electrons. The first-order valence-corrected chi connectivity index (χ1v) is 13.1. The fourth-order valence-corrected chi connectivity index (χ4v) is 5.28. The minimum absolute atomic E-state index is 0.0388. The van der Waals surface area contributed by atoms with Crippen molar-refractivity contribution < 1.29 is 22.7 Å². The number of hydrogen-bond donors (Lipinski definition) is 2. The van der Waals surface area contributed by atoms with Crippen LogP contribution in [0.1, 0.15) is 37.7 Å². The molecule has 1 fully saturated rings. The third-order valence-corrected chi connectivity index (χ3v) is 7.46. The molecule has 1 amide bonds. The van der Waals surface area contributed by atoms with Gasteiger partial charge in [-0.2, -0.15) is 4.31 Å². The molecule has 1 aliphatic rings. The van der Waals surface area contributed by atoms with E-state index >= 15 is 0 Å². The lowest BCUT2D eigenvalue weighted by Crippen LogP contribution is -2.34. The molecule has 8 nitrogen and oxygen atoms in total. The van der Waals surface area contributed by atoms with Crippen molar-refractivity contribution in [3.63, 3.8) is 0 Å². The van der Waals surface area contributed by atoms with Crippen molar-refractivity contribution in [3.05, 3.63) is 60.2 Å². The molecule has 0 aliphatic carbocycles. The van der Waals surface area contributed by atoms with Gasteiger partial charge in [-0.25, -0.2) is 8.42 Å². The van der Waals surface area contributed by atoms with E-state index in [2.05, 4.69) is 10.6 Å². The Labute approximate surface area is 205 Å². The normalized spacial score (nSPS) is 13.9. The van der Waals surface area contributed by atoms with Gasteiger partial charge in [0.25, 0.3) is 0 Å². The van der Waals surface area contributed by atoms with E-state index < -0.39 is 21.9 Å². The van der Waals surface area contributed by atoms with Crippen LogP contribution in [0.4, 0.5) is 5.69 Å². The number of amides is 1. The number of nitrogens with zero attached hydrogens (tertiary/aromatic N) is 1. The van der Waals surface area contributed by atoms with Gasteiger partial charge in [-0.3, -0.25) is 9.59 Å². The van der Waals surface area contributed by atoms with Gasteiger partial charge in [0.1, 0.15) is 0 Å². The number of esters is 1. The second-order valence-corrected chi connectivity index (χ2v) is 10.3. The lowest BCUT2D eigenvalue weighted by molar-refractivity contribution is -0.145. The molecule has 2 aromatic rings. The van der Waals surface area contributed by atoms with E-state index in [1.165, 1.54) is 22.0 Å². The van der Waals surface area contributed by atoms with Crippen LogP contribution in [0.3, 0.4) is 0 Å². The number of benzene rings is 2. The summed E-state index contributed by atoms with van der Waals surface area (Å²) in [4.78, 5) is 24.1. The zero-order chi connectivity index (χ0) is 24.4. The number of anilines is 1. The van der Waals surface area contributed by atoms with Gasteiger partial charge in [-0.05, 0) is 67.7 Å². The van der Waals surface area contributed by atoms with Crippen LogP contribution in [-0.2, 0) is 30.8 Å². The SMILES string of the molecule is O=C(CCC(=O)OCCCc1ccccc1)NC(=S)Nc1ccc(S(=O)(=O)N2CCCC2)cc1. The molecule has 0 saturated carbocycles. The minimum Gasteiger partial charge on any atom is -0.466 e. The molecule has 0 unspecified atom stereocenters. The monoisotopic (exact) mass is 503 g/mol. The lowest BCUT2D eigenvalue weighted by Gasteiger charge is -2.16. The summed E-state index contributed by atoms with van der Waals surface area (Å²) >= 11 is 5.13. The topological polar surface area (TPSA) is 105 Å². The number of carbonyl (C=O) groups excluding carboxylic acids is 2. The zero-order valence-corrected chi connectivity index (χ0v) is 20.5. The van der Waals surface area contributed by atoms with Crippen LogP contribution in [0.2, 0.25) is 0 Å². The van der Waals surface area contributed by atoms with E-state index in [1.54, 1.807) is 12.1 Å². The number of nitrogens with one attached hydrogen (secondary N) is 2. The van der Waals surface area contributed by atoms with Gasteiger partial charge in [0.2, 0.25) is 15.9 Å². The third kappa shape index (κ3) is 7.89. The van der Waals surface area contributed by atoms with Gasteiger partial charge in [0, 0.05) is 25.2 Å². The van der Waals surface area contributed by atoms with Crippen LogP contribution >= 0.6 is 12.2 Å². The van der Waals surface area contributed by atoms with Gasteiger partial charge in [-0.1, -0.05) is 30.3 Å². The number of rotatable bonds is 10. The molecular weight excluding hydrogens is 474 g/mol. The fraction of sp³-hybridized carbons (Fsp3) is 0.375. The number of sulfonamides is 1. The summed E-state index contributed by atoms with van der Waals surface area (Å²) in [7, 11) is -3.48. The summed E-state index contributed by atoms with van der Waals surface area (Å²) < 4.78 is 31.8. The number of thiocarbonyl (C=S) groups is 1. The van der Waals surface area contributed by atoms with Crippen molar-refractivity contribution in [2.75, 3.05) is 25.0 Å². The first-order valence-electron chi connectivity index (χ1n) is 11.3. The van der Waals surface area contributed by atoms with Gasteiger partial charge < -0.3 is 15.4 Å². The smallest absolute Gasteiger partial charge is 0.306 e. The summed E-state index contributed by atoms with van der Waals surface area (Å²) in [6.45, 7) is 1.39. The zero-order valence-electron chi connectivity index (χ0n) is 18.9. The van der Waals surface area contributed by atoms with E-state index in [1.807, 2.05) is 30.3 Å². The van der Waals surface area contributed by atoms with E-state index in [0.29, 0.717) is 31.8 Å². The van der Waals surface area contributed by atoms with E-state index in [9.17, 15) is 18.0 Å². The number of hydrogen-bond acceptors (Lipinski definition) is 6. The summed E-state index contributed by atoms with van der Waals surface area (Å²) in [5.74, 6) is -0.844. The first kappa shape index (κ1) is 25.8. The predicted molar refractivity (Wildman–Crippen MR) is 134 cm³/mol. The molecule has 1 heterocycles. The molecule has 10 heteroatoms. The second-order valence-electron chi connectivity index (χ2n) is 7.95. The predicted octanol–water partition coefficient (Wildman–Crippen LogP) is 3.24. The Hall–Kier alpha value is -2.82. The Kier molecular flexibility index (Phi) is 9.55. The van der Waals surface area contributed by atoms with E-state index in [4.69, 9.17) is 17.0 Å². The van der Waals surface area contributed by atoms with Crippen LogP contribution in [0.15, 0.2) is 59.5 Å². The maximum Gasteiger partial charge on any atom is 0.306 e. The van der Waals surface area contributed by atoms with Crippen LogP contribution < -0.4 is 10.6 Å². The van der Waals surface area contributed by atoms with Crippen molar-refractivity contribution >= 4 is 44.9 Å². The molecule has 2 aromatic carbocycles. The Bertz CT molecular complexity index is 1080. The summed E-state index contributed by atoms with van der Waals surface area (Å²) in [6, 6.07) is 16.1. The van der Waals surface area contributed by atoms with Crippen molar-refractivity contribution in [1.29, 1.82) is 0 Å². The molecule has 3 rings (SSSR count). The minimum atomic E-state index is -3.48. The third-order valence-electron chi connectivity index (χ3n) is 5.34. The summed E-state index contributed by atoms with van der Waals surface area (Å²) in [6.07, 6.45) is 3.20. The van der Waals surface area contributed by atoms with Crippen molar-refractivity contribution in [2.24, 2.45) is 0 Å². The van der Waals surface area contributed by atoms with Crippen molar-refractivity contribution in [3.8, 4) is 0 Å². The molecule has 2 N–H and O–H groups in total.